The molecule has 0 aromatic carbocycles. The van der Waals surface area contributed by atoms with Gasteiger partial charge in [0.25, 0.3) is 0 Å². The van der Waals surface area contributed by atoms with Gasteiger partial charge >= 0.3 is 0 Å². The van der Waals surface area contributed by atoms with E-state index in [0.29, 0.717) is 6.04 Å². The Morgan fingerprint density at radius 3 is 2.69 bits per heavy atom. The van der Waals surface area contributed by atoms with Crippen molar-refractivity contribution in [2.24, 2.45) is 0 Å². The van der Waals surface area contributed by atoms with Crippen LogP contribution >= 0.6 is 0 Å². The second kappa shape index (κ2) is 6.59. The van der Waals surface area contributed by atoms with Crippen LogP contribution in [0.4, 0.5) is 0 Å². The summed E-state index contributed by atoms with van der Waals surface area (Å²) in [6.45, 7) is 9.52. The largest absolute Gasteiger partial charge is 0.314 e. The molecule has 0 aliphatic heterocycles. The summed E-state index contributed by atoms with van der Waals surface area (Å²) in [6, 6.07) is 0.523. The van der Waals surface area contributed by atoms with Crippen LogP contribution in [-0.2, 0) is 6.42 Å². The Labute approximate surface area is 98.7 Å². The zero-order valence-corrected chi connectivity index (χ0v) is 10.9. The predicted octanol–water partition coefficient (Wildman–Crippen LogP) is 2.41. The van der Waals surface area contributed by atoms with Crippen LogP contribution in [0.25, 0.3) is 0 Å². The van der Waals surface area contributed by atoms with Gasteiger partial charge in [-0.15, -0.1) is 0 Å². The molecular formula is C13H23N3. The normalized spacial score (nSPS) is 12.8. The first-order chi connectivity index (χ1) is 7.67. The molecule has 0 bridgehead atoms. The van der Waals surface area contributed by atoms with Crippen molar-refractivity contribution in [3.05, 3.63) is 23.3 Å². The smallest absolute Gasteiger partial charge is 0.0634 e. The third-order valence-corrected chi connectivity index (χ3v) is 2.79. The van der Waals surface area contributed by atoms with E-state index in [1.54, 1.807) is 0 Å². The SMILES string of the molecule is CCCNC(CC)Cc1nc(C)cnc1C. The lowest BCUT2D eigenvalue weighted by Gasteiger charge is -2.17. The van der Waals surface area contributed by atoms with E-state index in [0.717, 1.165) is 36.5 Å². The molecule has 0 radical (unpaired) electrons. The summed E-state index contributed by atoms with van der Waals surface area (Å²) in [7, 11) is 0. The van der Waals surface area contributed by atoms with Crippen molar-refractivity contribution in [2.45, 2.75) is 53.0 Å². The van der Waals surface area contributed by atoms with Gasteiger partial charge in [0.15, 0.2) is 0 Å². The van der Waals surface area contributed by atoms with Gasteiger partial charge in [0, 0.05) is 18.7 Å². The first kappa shape index (κ1) is 13.1. The van der Waals surface area contributed by atoms with Gasteiger partial charge < -0.3 is 5.32 Å². The van der Waals surface area contributed by atoms with Crippen LogP contribution < -0.4 is 5.32 Å². The lowest BCUT2D eigenvalue weighted by Crippen LogP contribution is -2.31. The molecule has 1 N–H and O–H groups in total. The summed E-state index contributed by atoms with van der Waals surface area (Å²) < 4.78 is 0. The van der Waals surface area contributed by atoms with Crippen molar-refractivity contribution < 1.29 is 0 Å². The third kappa shape index (κ3) is 3.89. The molecule has 0 fully saturated rings. The van der Waals surface area contributed by atoms with Crippen LogP contribution in [0.2, 0.25) is 0 Å². The molecule has 0 aliphatic carbocycles. The molecule has 1 atom stereocenters. The molecule has 0 saturated carbocycles. The van der Waals surface area contributed by atoms with Crippen LogP contribution in [0.15, 0.2) is 6.20 Å². The Morgan fingerprint density at radius 2 is 2.06 bits per heavy atom. The summed E-state index contributed by atoms with van der Waals surface area (Å²) in [5, 5.41) is 3.55. The number of rotatable bonds is 6. The maximum absolute atomic E-state index is 4.57. The molecule has 90 valence electrons. The Balaban J connectivity index is 2.65. The minimum Gasteiger partial charge on any atom is -0.314 e. The fourth-order valence-electron chi connectivity index (χ4n) is 1.72. The van der Waals surface area contributed by atoms with E-state index >= 15 is 0 Å². The fraction of sp³-hybridized carbons (Fsp3) is 0.692. The van der Waals surface area contributed by atoms with Crippen molar-refractivity contribution in [1.29, 1.82) is 0 Å². The molecule has 3 nitrogen and oxygen atoms in total. The van der Waals surface area contributed by atoms with Crippen molar-refractivity contribution in [3.8, 4) is 0 Å². The van der Waals surface area contributed by atoms with E-state index in [9.17, 15) is 0 Å². The summed E-state index contributed by atoms with van der Waals surface area (Å²) in [5.41, 5.74) is 3.20. The van der Waals surface area contributed by atoms with Gasteiger partial charge in [-0.2, -0.15) is 0 Å². The van der Waals surface area contributed by atoms with Gasteiger partial charge in [0.05, 0.1) is 17.1 Å². The predicted molar refractivity (Wildman–Crippen MR) is 67.6 cm³/mol. The Bertz CT molecular complexity index is 323. The van der Waals surface area contributed by atoms with Crippen molar-refractivity contribution in [1.82, 2.24) is 15.3 Å². The maximum Gasteiger partial charge on any atom is 0.0634 e. The lowest BCUT2D eigenvalue weighted by molar-refractivity contribution is 0.488. The van der Waals surface area contributed by atoms with Crippen molar-refractivity contribution in [2.75, 3.05) is 6.54 Å². The van der Waals surface area contributed by atoms with Gasteiger partial charge in [0.1, 0.15) is 0 Å². The molecule has 16 heavy (non-hydrogen) atoms. The molecule has 0 spiro atoms. The zero-order chi connectivity index (χ0) is 12.0. The van der Waals surface area contributed by atoms with E-state index in [1.165, 1.54) is 6.42 Å². The monoisotopic (exact) mass is 221 g/mol. The van der Waals surface area contributed by atoms with Gasteiger partial charge in [-0.05, 0) is 33.2 Å². The Kier molecular flexibility index (Phi) is 5.39. The molecule has 1 unspecified atom stereocenters. The molecule has 0 amide bonds. The Hall–Kier alpha value is -0.960. The number of nitrogens with zero attached hydrogens (tertiary/aromatic N) is 2. The molecule has 1 heterocycles. The number of nitrogens with one attached hydrogen (secondary N) is 1. The fourth-order valence-corrected chi connectivity index (χ4v) is 1.72. The summed E-state index contributed by atoms with van der Waals surface area (Å²) >= 11 is 0. The van der Waals surface area contributed by atoms with Crippen LogP contribution in [0.3, 0.4) is 0 Å². The maximum atomic E-state index is 4.57. The van der Waals surface area contributed by atoms with Gasteiger partial charge in [-0.3, -0.25) is 9.97 Å². The van der Waals surface area contributed by atoms with Gasteiger partial charge in [-0.1, -0.05) is 13.8 Å². The average Bonchev–Trinajstić information content (AvgIpc) is 2.28. The van der Waals surface area contributed by atoms with Crippen LogP contribution in [0, 0.1) is 13.8 Å². The van der Waals surface area contributed by atoms with E-state index in [1.807, 2.05) is 20.0 Å². The minimum atomic E-state index is 0.523. The van der Waals surface area contributed by atoms with Crippen molar-refractivity contribution in [3.63, 3.8) is 0 Å². The Morgan fingerprint density at radius 1 is 1.31 bits per heavy atom. The first-order valence-corrected chi connectivity index (χ1v) is 6.19. The number of hydrogen-bond acceptors (Lipinski definition) is 3. The lowest BCUT2D eigenvalue weighted by atomic mass is 10.1. The first-order valence-electron chi connectivity index (χ1n) is 6.19. The second-order valence-corrected chi connectivity index (χ2v) is 4.31. The zero-order valence-electron chi connectivity index (χ0n) is 10.9. The molecule has 1 rings (SSSR count). The number of aryl methyl sites for hydroxylation is 2. The van der Waals surface area contributed by atoms with Crippen molar-refractivity contribution >= 4 is 0 Å². The highest BCUT2D eigenvalue weighted by Gasteiger charge is 2.10. The molecular weight excluding hydrogens is 198 g/mol. The number of aromatic nitrogens is 2. The van der Waals surface area contributed by atoms with Crippen LogP contribution in [-0.4, -0.2) is 22.6 Å². The van der Waals surface area contributed by atoms with Gasteiger partial charge in [0.2, 0.25) is 0 Å². The average molecular weight is 221 g/mol. The molecule has 0 saturated heterocycles. The quantitative estimate of drug-likeness (QED) is 0.801. The molecule has 1 aromatic rings. The summed E-state index contributed by atoms with van der Waals surface area (Å²) in [5.74, 6) is 0. The topological polar surface area (TPSA) is 37.8 Å². The minimum absolute atomic E-state index is 0.523. The third-order valence-electron chi connectivity index (χ3n) is 2.79. The van der Waals surface area contributed by atoms with E-state index in [2.05, 4.69) is 29.1 Å². The molecule has 0 aliphatic rings. The second-order valence-electron chi connectivity index (χ2n) is 4.31. The highest BCUT2D eigenvalue weighted by atomic mass is 14.9. The van der Waals surface area contributed by atoms with E-state index < -0.39 is 0 Å². The summed E-state index contributed by atoms with van der Waals surface area (Å²) in [6.07, 6.45) is 5.13. The summed E-state index contributed by atoms with van der Waals surface area (Å²) in [4.78, 5) is 8.92. The van der Waals surface area contributed by atoms with Gasteiger partial charge in [-0.25, -0.2) is 0 Å². The van der Waals surface area contributed by atoms with E-state index in [4.69, 9.17) is 0 Å². The highest BCUT2D eigenvalue weighted by molar-refractivity contribution is 5.13. The molecule has 1 aromatic heterocycles. The highest BCUT2D eigenvalue weighted by Crippen LogP contribution is 2.07. The molecule has 3 heteroatoms. The standard InChI is InChI=1S/C13H23N3/c1-5-7-14-12(6-2)8-13-11(4)15-9-10(3)16-13/h9,12,14H,5-8H2,1-4H3. The van der Waals surface area contributed by atoms with E-state index in [-0.39, 0.29) is 0 Å². The number of hydrogen-bond donors (Lipinski definition) is 1. The van der Waals surface area contributed by atoms with Crippen LogP contribution in [0.1, 0.15) is 43.8 Å². The van der Waals surface area contributed by atoms with Crippen LogP contribution in [0.5, 0.6) is 0 Å².